The molecule has 40 heavy (non-hydrogen) atoms. The van der Waals surface area contributed by atoms with Crippen LogP contribution in [0.3, 0.4) is 0 Å². The highest BCUT2D eigenvalue weighted by Crippen LogP contribution is 2.31. The summed E-state index contributed by atoms with van der Waals surface area (Å²) in [7, 11) is 0. The highest BCUT2D eigenvalue weighted by atomic mass is 35.5. The maximum atomic E-state index is 13.7. The molecule has 2 aromatic carbocycles. The van der Waals surface area contributed by atoms with E-state index in [9.17, 15) is 9.59 Å². The Bertz CT molecular complexity index is 1520. The second-order valence-corrected chi connectivity index (χ2v) is 10.3. The predicted octanol–water partition coefficient (Wildman–Crippen LogP) is 6.44. The quantitative estimate of drug-likeness (QED) is 0.171. The second-order valence-electron chi connectivity index (χ2n) is 9.93. The fourth-order valence-electron chi connectivity index (χ4n) is 5.07. The van der Waals surface area contributed by atoms with Gasteiger partial charge in [0.2, 0.25) is 0 Å². The number of ketones is 2. The maximum Gasteiger partial charge on any atom is 0.196 e. The number of likely N-dealkylation sites (tertiary alicyclic amines) is 1. The summed E-state index contributed by atoms with van der Waals surface area (Å²) in [6, 6.07) is 14.7. The molecule has 0 spiro atoms. The average molecular weight is 558 g/mol. The molecule has 2 aromatic heterocycles. The standard InChI is InChI=1S/C31H32ClN5O3/c1-21(38)9-8-16-37-15-7-3-4-10-22(37)18-33-30-28-26(19-34-31(28)36-20-35-30)29(39)25-14-13-24(17-27(25)32)40-23-11-5-2-6-12-23/h2,5-6,8-9,11-14,17,19-20,22H,3-4,7,10,15-16,18H2,1H3,(H2,33,34,35,36)/b9-8+. The molecular weight excluding hydrogens is 526 g/mol. The van der Waals surface area contributed by atoms with E-state index in [-0.39, 0.29) is 17.6 Å². The van der Waals surface area contributed by atoms with Gasteiger partial charge in [0.05, 0.1) is 16.0 Å². The number of carbonyl (C=O) groups is 2. The number of halogens is 1. The van der Waals surface area contributed by atoms with E-state index in [0.29, 0.717) is 51.0 Å². The Morgan fingerprint density at radius 2 is 1.95 bits per heavy atom. The molecule has 0 saturated carbocycles. The third kappa shape index (κ3) is 6.58. The zero-order valence-corrected chi connectivity index (χ0v) is 23.2. The lowest BCUT2D eigenvalue weighted by molar-refractivity contribution is -0.112. The molecule has 8 nitrogen and oxygen atoms in total. The van der Waals surface area contributed by atoms with E-state index in [1.54, 1.807) is 37.4 Å². The molecule has 1 aliphatic heterocycles. The first kappa shape index (κ1) is 27.6. The molecule has 3 heterocycles. The van der Waals surface area contributed by atoms with Crippen LogP contribution in [0.1, 0.15) is 48.5 Å². The zero-order chi connectivity index (χ0) is 27.9. The van der Waals surface area contributed by atoms with Crippen molar-refractivity contribution < 1.29 is 14.3 Å². The summed E-state index contributed by atoms with van der Waals surface area (Å²) in [5.74, 6) is 1.65. The molecule has 1 aliphatic rings. The van der Waals surface area contributed by atoms with Crippen LogP contribution in [0.25, 0.3) is 11.0 Å². The number of hydrogen-bond acceptors (Lipinski definition) is 7. The largest absolute Gasteiger partial charge is 0.457 e. The summed E-state index contributed by atoms with van der Waals surface area (Å²) in [4.78, 5) is 39.4. The third-order valence-corrected chi connectivity index (χ3v) is 7.39. The van der Waals surface area contributed by atoms with Crippen molar-refractivity contribution in [2.24, 2.45) is 0 Å². The van der Waals surface area contributed by atoms with Gasteiger partial charge >= 0.3 is 0 Å². The topological polar surface area (TPSA) is 100 Å². The summed E-state index contributed by atoms with van der Waals surface area (Å²) < 4.78 is 5.86. The number of anilines is 1. The Labute approximate surface area is 238 Å². The van der Waals surface area contributed by atoms with Crippen molar-refractivity contribution in [3.05, 3.63) is 89.4 Å². The van der Waals surface area contributed by atoms with Gasteiger partial charge in [0, 0.05) is 37.0 Å². The maximum absolute atomic E-state index is 13.7. The van der Waals surface area contributed by atoms with Crippen molar-refractivity contribution in [2.75, 3.05) is 25.0 Å². The molecule has 9 heteroatoms. The minimum absolute atomic E-state index is 0.0518. The number of nitrogens with one attached hydrogen (secondary N) is 2. The van der Waals surface area contributed by atoms with Crippen LogP contribution in [-0.4, -0.2) is 57.1 Å². The number of aromatic amines is 1. The van der Waals surface area contributed by atoms with Crippen LogP contribution in [-0.2, 0) is 4.79 Å². The van der Waals surface area contributed by atoms with Gasteiger partial charge in [0.25, 0.3) is 0 Å². The lowest BCUT2D eigenvalue weighted by Gasteiger charge is -2.29. The number of ether oxygens (including phenoxy) is 1. The van der Waals surface area contributed by atoms with E-state index in [1.807, 2.05) is 36.4 Å². The number of aromatic nitrogens is 3. The SMILES string of the molecule is CC(=O)/C=C/CN1CCCCCC1CNc1ncnc2[nH]cc(C(=O)c3ccc(Oc4ccccc4)cc3Cl)c12. The fraction of sp³-hybridized carbons (Fsp3) is 0.290. The smallest absolute Gasteiger partial charge is 0.196 e. The number of para-hydroxylation sites is 1. The zero-order valence-electron chi connectivity index (χ0n) is 22.4. The van der Waals surface area contributed by atoms with Crippen LogP contribution < -0.4 is 10.1 Å². The number of hydrogen-bond donors (Lipinski definition) is 2. The molecule has 1 atom stereocenters. The van der Waals surface area contributed by atoms with Gasteiger partial charge in [0.15, 0.2) is 11.6 Å². The number of nitrogens with zero attached hydrogens (tertiary/aromatic N) is 3. The Balaban J connectivity index is 1.35. The number of allylic oxidation sites excluding steroid dienone is 1. The molecule has 0 bridgehead atoms. The number of rotatable bonds is 10. The van der Waals surface area contributed by atoms with E-state index in [0.717, 1.165) is 32.4 Å². The van der Waals surface area contributed by atoms with Gasteiger partial charge in [0.1, 0.15) is 29.3 Å². The molecule has 206 valence electrons. The van der Waals surface area contributed by atoms with E-state index in [2.05, 4.69) is 25.2 Å². The number of carbonyl (C=O) groups excluding carboxylic acids is 2. The minimum atomic E-state index is -0.231. The normalized spacial score (nSPS) is 16.2. The third-order valence-electron chi connectivity index (χ3n) is 7.08. The monoisotopic (exact) mass is 557 g/mol. The molecule has 4 aromatic rings. The molecule has 2 N–H and O–H groups in total. The first-order valence-electron chi connectivity index (χ1n) is 13.5. The molecule has 0 aliphatic carbocycles. The van der Waals surface area contributed by atoms with Gasteiger partial charge in [-0.05, 0) is 56.7 Å². The molecule has 1 fully saturated rings. The summed E-state index contributed by atoms with van der Waals surface area (Å²) in [6.07, 6.45) is 11.2. The van der Waals surface area contributed by atoms with E-state index < -0.39 is 0 Å². The molecule has 0 amide bonds. The molecular formula is C31H32ClN5O3. The van der Waals surface area contributed by atoms with E-state index in [4.69, 9.17) is 16.3 Å². The second kappa shape index (κ2) is 12.9. The van der Waals surface area contributed by atoms with Crippen LogP contribution >= 0.6 is 11.6 Å². The van der Waals surface area contributed by atoms with E-state index in [1.165, 1.54) is 12.7 Å². The lowest BCUT2D eigenvalue weighted by Crippen LogP contribution is -2.40. The summed E-state index contributed by atoms with van der Waals surface area (Å²) >= 11 is 6.56. The van der Waals surface area contributed by atoms with E-state index >= 15 is 0 Å². The van der Waals surface area contributed by atoms with Gasteiger partial charge in [-0.2, -0.15) is 0 Å². The molecule has 1 unspecified atom stereocenters. The highest BCUT2D eigenvalue weighted by Gasteiger charge is 2.23. The van der Waals surface area contributed by atoms with Crippen LogP contribution in [0, 0.1) is 0 Å². The van der Waals surface area contributed by atoms with Gasteiger partial charge in [-0.25, -0.2) is 9.97 Å². The van der Waals surface area contributed by atoms with Gasteiger partial charge < -0.3 is 15.0 Å². The Hall–Kier alpha value is -4.01. The predicted molar refractivity (Wildman–Crippen MR) is 157 cm³/mol. The lowest BCUT2D eigenvalue weighted by atomic mass is 10.0. The van der Waals surface area contributed by atoms with Gasteiger partial charge in [-0.15, -0.1) is 0 Å². The van der Waals surface area contributed by atoms with Crippen molar-refractivity contribution in [3.8, 4) is 11.5 Å². The number of H-pyrrole nitrogens is 1. The van der Waals surface area contributed by atoms with Crippen molar-refractivity contribution in [2.45, 2.75) is 38.6 Å². The number of benzene rings is 2. The average Bonchev–Trinajstić information content (AvgIpc) is 3.26. The van der Waals surface area contributed by atoms with Crippen molar-refractivity contribution in [3.63, 3.8) is 0 Å². The Morgan fingerprint density at radius 3 is 2.75 bits per heavy atom. The Kier molecular flexibility index (Phi) is 8.88. The van der Waals surface area contributed by atoms with Crippen molar-refractivity contribution in [1.82, 2.24) is 19.9 Å². The first-order valence-corrected chi connectivity index (χ1v) is 13.9. The first-order chi connectivity index (χ1) is 19.5. The van der Waals surface area contributed by atoms with Gasteiger partial charge in [-0.1, -0.05) is 48.7 Å². The minimum Gasteiger partial charge on any atom is -0.457 e. The highest BCUT2D eigenvalue weighted by molar-refractivity contribution is 6.35. The van der Waals surface area contributed by atoms with Crippen LogP contribution in [0.15, 0.2) is 73.2 Å². The number of fused-ring (bicyclic) bond motifs is 1. The van der Waals surface area contributed by atoms with Gasteiger partial charge in [-0.3, -0.25) is 14.5 Å². The van der Waals surface area contributed by atoms with Crippen LogP contribution in [0.4, 0.5) is 5.82 Å². The van der Waals surface area contributed by atoms with Crippen molar-refractivity contribution >= 4 is 40.0 Å². The molecule has 5 rings (SSSR count). The molecule has 1 saturated heterocycles. The summed E-state index contributed by atoms with van der Waals surface area (Å²) in [5, 5.41) is 4.42. The molecule has 0 radical (unpaired) electrons. The summed E-state index contributed by atoms with van der Waals surface area (Å²) in [6.45, 7) is 3.92. The van der Waals surface area contributed by atoms with Crippen LogP contribution in [0.5, 0.6) is 11.5 Å². The summed E-state index contributed by atoms with van der Waals surface area (Å²) in [5.41, 5.74) is 1.38. The Morgan fingerprint density at radius 1 is 1.10 bits per heavy atom. The fourth-order valence-corrected chi connectivity index (χ4v) is 5.32. The van der Waals surface area contributed by atoms with Crippen LogP contribution in [0.2, 0.25) is 5.02 Å². The van der Waals surface area contributed by atoms with Crippen molar-refractivity contribution in [1.29, 1.82) is 0 Å².